The fraction of sp³-hybridized carbons (Fsp3) is 0.778. The van der Waals surface area contributed by atoms with Crippen LogP contribution in [0.15, 0.2) is 4.99 Å². The van der Waals surface area contributed by atoms with E-state index in [1.165, 1.54) is 0 Å². The van der Waals surface area contributed by atoms with Crippen LogP contribution in [0.1, 0.15) is 34.6 Å². The third-order valence-corrected chi connectivity index (χ3v) is 1.31. The zero-order chi connectivity index (χ0) is 11.6. The summed E-state index contributed by atoms with van der Waals surface area (Å²) in [5.74, 6) is -0.570. The summed E-state index contributed by atoms with van der Waals surface area (Å²) in [7, 11) is 0. The lowest BCUT2D eigenvalue weighted by Gasteiger charge is -2.25. The van der Waals surface area contributed by atoms with Crippen LogP contribution in [0.2, 0.25) is 0 Å². The van der Waals surface area contributed by atoms with E-state index in [9.17, 15) is 4.79 Å². The summed E-state index contributed by atoms with van der Waals surface area (Å²) in [6.45, 7) is 8.56. The molecule has 82 valence electrons. The number of nitrogens with two attached hydrogens (primary N) is 2. The van der Waals surface area contributed by atoms with Crippen molar-refractivity contribution in [3.8, 4) is 0 Å². The largest absolute Gasteiger partial charge is 0.458 e. The van der Waals surface area contributed by atoms with Gasteiger partial charge in [-0.25, -0.2) is 9.79 Å². The van der Waals surface area contributed by atoms with Crippen molar-refractivity contribution in [3.05, 3.63) is 0 Å². The highest BCUT2D eigenvalue weighted by Gasteiger charge is 2.32. The Balaban J connectivity index is 4.61. The number of ether oxygens (including phenoxy) is 1. The van der Waals surface area contributed by atoms with Crippen LogP contribution < -0.4 is 11.5 Å². The number of hydrogen-bond donors (Lipinski definition) is 2. The number of carbonyl (C=O) groups is 1. The van der Waals surface area contributed by atoms with E-state index in [0.29, 0.717) is 0 Å². The minimum atomic E-state index is -1.04. The number of carbonyl (C=O) groups excluding carboxylic acids is 1. The van der Waals surface area contributed by atoms with E-state index >= 15 is 0 Å². The maximum atomic E-state index is 11.6. The Kier molecular flexibility index (Phi) is 3.51. The molecule has 0 spiro atoms. The summed E-state index contributed by atoms with van der Waals surface area (Å²) >= 11 is 0. The van der Waals surface area contributed by atoms with Crippen molar-refractivity contribution in [1.29, 1.82) is 0 Å². The second kappa shape index (κ2) is 3.86. The van der Waals surface area contributed by atoms with Gasteiger partial charge in [-0.3, -0.25) is 0 Å². The van der Waals surface area contributed by atoms with Gasteiger partial charge in [0.15, 0.2) is 11.5 Å². The lowest BCUT2D eigenvalue weighted by atomic mass is 10.1. The van der Waals surface area contributed by atoms with E-state index in [-0.39, 0.29) is 5.96 Å². The van der Waals surface area contributed by atoms with Crippen molar-refractivity contribution in [2.24, 2.45) is 16.5 Å². The number of aliphatic imine (C=N–C) groups is 1. The highest BCUT2D eigenvalue weighted by Crippen LogP contribution is 2.16. The van der Waals surface area contributed by atoms with Gasteiger partial charge in [-0.05, 0) is 34.6 Å². The molecule has 0 rings (SSSR count). The summed E-state index contributed by atoms with van der Waals surface area (Å²) < 4.78 is 5.15. The lowest BCUT2D eigenvalue weighted by molar-refractivity contribution is -0.160. The highest BCUT2D eigenvalue weighted by atomic mass is 16.6. The maximum absolute atomic E-state index is 11.6. The summed E-state index contributed by atoms with van der Waals surface area (Å²) in [5, 5.41) is 0. The monoisotopic (exact) mass is 201 g/mol. The topological polar surface area (TPSA) is 90.7 Å². The van der Waals surface area contributed by atoms with Crippen LogP contribution in [0.4, 0.5) is 0 Å². The first-order valence-corrected chi connectivity index (χ1v) is 4.39. The molecule has 0 aromatic carbocycles. The van der Waals surface area contributed by atoms with Gasteiger partial charge in [-0.2, -0.15) is 0 Å². The highest BCUT2D eigenvalue weighted by molar-refractivity contribution is 5.85. The minimum Gasteiger partial charge on any atom is -0.458 e. The van der Waals surface area contributed by atoms with Crippen LogP contribution in [0.25, 0.3) is 0 Å². The molecule has 4 N–H and O–H groups in total. The molecule has 0 aliphatic heterocycles. The Hall–Kier alpha value is -1.26. The fourth-order valence-corrected chi connectivity index (χ4v) is 0.771. The Bertz CT molecular complexity index is 247. The molecular weight excluding hydrogens is 182 g/mol. The van der Waals surface area contributed by atoms with Crippen LogP contribution in [0.5, 0.6) is 0 Å². The first-order chi connectivity index (χ1) is 6.04. The van der Waals surface area contributed by atoms with E-state index in [1.54, 1.807) is 34.6 Å². The molecule has 0 saturated heterocycles. The molecule has 0 atom stereocenters. The van der Waals surface area contributed by atoms with Gasteiger partial charge in [0.25, 0.3) is 0 Å². The van der Waals surface area contributed by atoms with E-state index < -0.39 is 17.1 Å². The van der Waals surface area contributed by atoms with Gasteiger partial charge in [0.05, 0.1) is 0 Å². The van der Waals surface area contributed by atoms with E-state index in [4.69, 9.17) is 16.2 Å². The molecule has 14 heavy (non-hydrogen) atoms. The molecule has 0 saturated carbocycles. The van der Waals surface area contributed by atoms with Gasteiger partial charge in [0, 0.05) is 0 Å². The number of nitrogens with zero attached hydrogens (tertiary/aromatic N) is 1. The molecule has 0 aliphatic rings. The van der Waals surface area contributed by atoms with E-state index in [1.807, 2.05) is 0 Å². The van der Waals surface area contributed by atoms with E-state index in [2.05, 4.69) is 4.99 Å². The zero-order valence-corrected chi connectivity index (χ0v) is 9.42. The average Bonchev–Trinajstić information content (AvgIpc) is 1.79. The summed E-state index contributed by atoms with van der Waals surface area (Å²) in [4.78, 5) is 15.4. The third kappa shape index (κ3) is 4.69. The van der Waals surface area contributed by atoms with Gasteiger partial charge >= 0.3 is 5.97 Å². The number of hydrogen-bond acceptors (Lipinski definition) is 3. The molecule has 0 radical (unpaired) electrons. The summed E-state index contributed by atoms with van der Waals surface area (Å²) in [5.41, 5.74) is 8.83. The van der Waals surface area contributed by atoms with Crippen molar-refractivity contribution in [3.63, 3.8) is 0 Å². The number of guanidine groups is 1. The van der Waals surface area contributed by atoms with Crippen molar-refractivity contribution < 1.29 is 9.53 Å². The van der Waals surface area contributed by atoms with Gasteiger partial charge in [-0.1, -0.05) is 0 Å². The first-order valence-electron chi connectivity index (χ1n) is 4.39. The van der Waals surface area contributed by atoms with Gasteiger partial charge in [0.1, 0.15) is 5.60 Å². The standard InChI is InChI=1S/C9H19N3O2/c1-8(2,3)14-6(13)9(4,5)12-7(10)11/h1-5H3,(H4,10,11,12). The predicted molar refractivity (Wildman–Crippen MR) is 55.7 cm³/mol. The number of esters is 1. The fourth-order valence-electron chi connectivity index (χ4n) is 0.771. The van der Waals surface area contributed by atoms with Gasteiger partial charge in [0.2, 0.25) is 0 Å². The molecule has 0 heterocycles. The quantitative estimate of drug-likeness (QED) is 0.384. The normalized spacial score (nSPS) is 12.1. The predicted octanol–water partition coefficient (Wildman–Crippen LogP) is 0.380. The molecular formula is C9H19N3O2. The Morgan fingerprint density at radius 1 is 1.14 bits per heavy atom. The molecule has 0 bridgehead atoms. The third-order valence-electron chi connectivity index (χ3n) is 1.31. The van der Waals surface area contributed by atoms with Crippen molar-refractivity contribution in [2.45, 2.75) is 45.8 Å². The van der Waals surface area contributed by atoms with Gasteiger partial charge < -0.3 is 16.2 Å². The maximum Gasteiger partial charge on any atom is 0.334 e. The number of rotatable bonds is 2. The second-order valence-corrected chi connectivity index (χ2v) is 4.60. The minimum absolute atomic E-state index is 0.124. The first kappa shape index (κ1) is 12.7. The van der Waals surface area contributed by atoms with Crippen LogP contribution in [0, 0.1) is 0 Å². The Morgan fingerprint density at radius 2 is 1.57 bits per heavy atom. The van der Waals surface area contributed by atoms with Crippen molar-refractivity contribution in [1.82, 2.24) is 0 Å². The van der Waals surface area contributed by atoms with Gasteiger partial charge in [-0.15, -0.1) is 0 Å². The second-order valence-electron chi connectivity index (χ2n) is 4.60. The van der Waals surface area contributed by atoms with Crippen LogP contribution in [-0.2, 0) is 9.53 Å². The lowest BCUT2D eigenvalue weighted by Crippen LogP contribution is -2.40. The van der Waals surface area contributed by atoms with Crippen LogP contribution >= 0.6 is 0 Å². The molecule has 0 fully saturated rings. The molecule has 5 nitrogen and oxygen atoms in total. The van der Waals surface area contributed by atoms with Crippen LogP contribution in [-0.4, -0.2) is 23.1 Å². The molecule has 0 aromatic heterocycles. The van der Waals surface area contributed by atoms with Crippen LogP contribution in [0.3, 0.4) is 0 Å². The molecule has 0 amide bonds. The molecule has 0 aromatic rings. The zero-order valence-electron chi connectivity index (χ0n) is 9.42. The molecule has 5 heteroatoms. The SMILES string of the molecule is CC(C)(C)OC(=O)C(C)(C)N=C(N)N. The Labute approximate surface area is 84.5 Å². The smallest absolute Gasteiger partial charge is 0.334 e. The average molecular weight is 201 g/mol. The summed E-state index contributed by atoms with van der Waals surface area (Å²) in [6, 6.07) is 0. The summed E-state index contributed by atoms with van der Waals surface area (Å²) in [6.07, 6.45) is 0. The van der Waals surface area contributed by atoms with Crippen molar-refractivity contribution in [2.75, 3.05) is 0 Å². The molecule has 0 aliphatic carbocycles. The van der Waals surface area contributed by atoms with E-state index in [0.717, 1.165) is 0 Å². The Morgan fingerprint density at radius 3 is 1.86 bits per heavy atom. The molecule has 0 unspecified atom stereocenters. The van der Waals surface area contributed by atoms with Crippen molar-refractivity contribution >= 4 is 11.9 Å².